The van der Waals surface area contributed by atoms with E-state index in [-0.39, 0.29) is 23.4 Å². The van der Waals surface area contributed by atoms with E-state index in [0.29, 0.717) is 5.00 Å². The van der Waals surface area contributed by atoms with Gasteiger partial charge in [0.15, 0.2) is 6.10 Å². The predicted molar refractivity (Wildman–Crippen MR) is 121 cm³/mol. The summed E-state index contributed by atoms with van der Waals surface area (Å²) in [5.41, 5.74) is 1.10. The number of hydrogen-bond donors (Lipinski definition) is 0. The molecule has 3 heterocycles. The molecule has 3 fully saturated rings. The third kappa shape index (κ3) is 3.33. The van der Waals surface area contributed by atoms with E-state index in [0.717, 1.165) is 41.1 Å². The van der Waals surface area contributed by atoms with E-state index in [1.54, 1.807) is 11.1 Å². The Morgan fingerprint density at radius 1 is 1.09 bits per heavy atom. The standard InChI is InChI=1S/C24H26N2O5S/c1-14-13-17(24(29)30-2)23(32-14)25-21(27)18-19(15-9-5-3-6-10-15)26(31-20(18)22(25)28)16-11-7-4-8-12-16/h4,7-8,11-13,15,18-20H,3,5-6,9-10H2,1-2H3/t18-,19+,20-/m0/s1. The smallest absolute Gasteiger partial charge is 0.340 e. The molecule has 1 aromatic carbocycles. The van der Waals surface area contributed by atoms with Crippen molar-refractivity contribution in [1.29, 1.82) is 0 Å². The van der Waals surface area contributed by atoms with Crippen LogP contribution in [0, 0.1) is 18.8 Å². The van der Waals surface area contributed by atoms with E-state index < -0.39 is 23.9 Å². The van der Waals surface area contributed by atoms with Crippen molar-refractivity contribution < 1.29 is 24.0 Å². The van der Waals surface area contributed by atoms with Crippen molar-refractivity contribution in [3.8, 4) is 0 Å². The van der Waals surface area contributed by atoms with Crippen LogP contribution in [-0.4, -0.2) is 37.0 Å². The van der Waals surface area contributed by atoms with Crippen LogP contribution in [0.4, 0.5) is 10.7 Å². The molecule has 2 aliphatic heterocycles. The van der Waals surface area contributed by atoms with Gasteiger partial charge in [0.1, 0.15) is 10.9 Å². The Bertz CT molecular complexity index is 1050. The van der Waals surface area contributed by atoms with Crippen LogP contribution in [0.15, 0.2) is 36.4 Å². The van der Waals surface area contributed by atoms with Gasteiger partial charge >= 0.3 is 5.97 Å². The van der Waals surface area contributed by atoms with Gasteiger partial charge in [-0.3, -0.25) is 14.4 Å². The molecule has 0 N–H and O–H groups in total. The van der Waals surface area contributed by atoms with Crippen LogP contribution in [0.1, 0.15) is 47.3 Å². The van der Waals surface area contributed by atoms with Gasteiger partial charge in [-0.05, 0) is 43.9 Å². The second-order valence-corrected chi connectivity index (χ2v) is 9.92. The highest BCUT2D eigenvalue weighted by Crippen LogP contribution is 2.47. The molecule has 0 bridgehead atoms. The number of carbonyl (C=O) groups is 3. The zero-order valence-corrected chi connectivity index (χ0v) is 19.0. The van der Waals surface area contributed by atoms with Gasteiger partial charge in [0.25, 0.3) is 5.91 Å². The number of thiophene rings is 1. The molecular formula is C24H26N2O5S. The molecule has 32 heavy (non-hydrogen) atoms. The molecule has 0 unspecified atom stereocenters. The number of aryl methyl sites for hydroxylation is 1. The number of hydrogen-bond acceptors (Lipinski definition) is 7. The second kappa shape index (κ2) is 8.33. The summed E-state index contributed by atoms with van der Waals surface area (Å²) in [7, 11) is 1.29. The first-order valence-electron chi connectivity index (χ1n) is 11.1. The molecule has 1 aliphatic carbocycles. The predicted octanol–water partition coefficient (Wildman–Crippen LogP) is 4.10. The maximum absolute atomic E-state index is 13.8. The fourth-order valence-electron chi connectivity index (χ4n) is 5.33. The number of imide groups is 1. The SMILES string of the molecule is COC(=O)c1cc(C)sc1N1C(=O)[C@@H]2[C@H](ON(c3ccccc3)[C@@H]2C2CCCCC2)C1=O. The third-order valence-corrected chi connectivity index (χ3v) is 7.78. The Balaban J connectivity index is 1.54. The summed E-state index contributed by atoms with van der Waals surface area (Å²) in [6.45, 7) is 1.84. The van der Waals surface area contributed by atoms with Crippen LogP contribution < -0.4 is 9.96 Å². The lowest BCUT2D eigenvalue weighted by molar-refractivity contribution is -0.126. The molecule has 0 radical (unpaired) electrons. The number of hydroxylamine groups is 1. The van der Waals surface area contributed by atoms with Crippen LogP contribution in [0.5, 0.6) is 0 Å². The number of methoxy groups -OCH3 is 1. The molecule has 168 valence electrons. The van der Waals surface area contributed by atoms with Gasteiger partial charge in [-0.2, -0.15) is 0 Å². The van der Waals surface area contributed by atoms with Crippen molar-refractivity contribution in [1.82, 2.24) is 0 Å². The molecule has 7 nitrogen and oxygen atoms in total. The lowest BCUT2D eigenvalue weighted by Crippen LogP contribution is -2.45. The Morgan fingerprint density at radius 3 is 2.50 bits per heavy atom. The maximum Gasteiger partial charge on any atom is 0.340 e. The Labute approximate surface area is 190 Å². The van der Waals surface area contributed by atoms with E-state index >= 15 is 0 Å². The molecule has 2 amide bonds. The number of carbonyl (C=O) groups excluding carboxylic acids is 3. The Hall–Kier alpha value is -2.71. The number of benzene rings is 1. The zero-order chi connectivity index (χ0) is 22.4. The molecule has 8 heteroatoms. The van der Waals surface area contributed by atoms with Gasteiger partial charge in [0.05, 0.1) is 24.4 Å². The largest absolute Gasteiger partial charge is 0.465 e. The van der Waals surface area contributed by atoms with Gasteiger partial charge in [0, 0.05) is 4.88 Å². The van der Waals surface area contributed by atoms with Crippen LogP contribution in [0.3, 0.4) is 0 Å². The summed E-state index contributed by atoms with van der Waals surface area (Å²) in [4.78, 5) is 47.8. The lowest BCUT2D eigenvalue weighted by atomic mass is 9.77. The molecule has 5 rings (SSSR count). The maximum atomic E-state index is 13.8. The molecular weight excluding hydrogens is 428 g/mol. The van der Waals surface area contributed by atoms with Crippen molar-refractivity contribution in [2.24, 2.45) is 11.8 Å². The summed E-state index contributed by atoms with van der Waals surface area (Å²) in [5.74, 6) is -1.59. The van der Waals surface area contributed by atoms with Gasteiger partial charge in [0.2, 0.25) is 5.91 Å². The summed E-state index contributed by atoms with van der Waals surface area (Å²) >= 11 is 1.25. The first-order chi connectivity index (χ1) is 15.5. The average Bonchev–Trinajstić information content (AvgIpc) is 3.47. The number of esters is 1. The van der Waals surface area contributed by atoms with Crippen molar-refractivity contribution >= 4 is 39.8 Å². The van der Waals surface area contributed by atoms with Crippen LogP contribution >= 0.6 is 11.3 Å². The lowest BCUT2D eigenvalue weighted by Gasteiger charge is -2.35. The summed E-state index contributed by atoms with van der Waals surface area (Å²) in [6, 6.07) is 11.1. The molecule has 1 saturated carbocycles. The molecule has 0 spiro atoms. The van der Waals surface area contributed by atoms with E-state index in [1.807, 2.05) is 37.3 Å². The first-order valence-corrected chi connectivity index (χ1v) is 11.9. The quantitative estimate of drug-likeness (QED) is 0.511. The fraction of sp³-hybridized carbons (Fsp3) is 0.458. The number of anilines is 2. The second-order valence-electron chi connectivity index (χ2n) is 8.68. The summed E-state index contributed by atoms with van der Waals surface area (Å²) in [5, 5.41) is 2.13. The summed E-state index contributed by atoms with van der Waals surface area (Å²) in [6.07, 6.45) is 4.55. The number of fused-ring (bicyclic) bond motifs is 1. The Morgan fingerprint density at radius 2 is 1.81 bits per heavy atom. The van der Waals surface area contributed by atoms with E-state index in [1.165, 1.54) is 24.9 Å². The van der Waals surface area contributed by atoms with Gasteiger partial charge in [-0.15, -0.1) is 11.3 Å². The monoisotopic (exact) mass is 454 g/mol. The van der Waals surface area contributed by atoms with Crippen molar-refractivity contribution in [3.05, 3.63) is 46.8 Å². The summed E-state index contributed by atoms with van der Waals surface area (Å²) < 4.78 is 4.88. The topological polar surface area (TPSA) is 76.2 Å². The minimum atomic E-state index is -0.887. The van der Waals surface area contributed by atoms with Crippen molar-refractivity contribution in [3.63, 3.8) is 0 Å². The van der Waals surface area contributed by atoms with Gasteiger partial charge < -0.3 is 4.74 Å². The molecule has 3 atom stereocenters. The average molecular weight is 455 g/mol. The number of rotatable bonds is 4. The first kappa shape index (κ1) is 21.2. The highest BCUT2D eigenvalue weighted by Gasteiger charge is 2.62. The minimum absolute atomic E-state index is 0.216. The fourth-order valence-corrected chi connectivity index (χ4v) is 6.34. The van der Waals surface area contributed by atoms with Crippen LogP contribution in [-0.2, 0) is 19.2 Å². The molecule has 3 aliphatic rings. The highest BCUT2D eigenvalue weighted by atomic mass is 32.1. The van der Waals surface area contributed by atoms with Crippen molar-refractivity contribution in [2.45, 2.75) is 51.2 Å². The van der Waals surface area contributed by atoms with Crippen molar-refractivity contribution in [2.75, 3.05) is 17.1 Å². The Kier molecular flexibility index (Phi) is 5.51. The zero-order valence-electron chi connectivity index (χ0n) is 18.2. The highest BCUT2D eigenvalue weighted by molar-refractivity contribution is 7.17. The van der Waals surface area contributed by atoms with Crippen LogP contribution in [0.2, 0.25) is 0 Å². The number of ether oxygens (including phenoxy) is 1. The minimum Gasteiger partial charge on any atom is -0.465 e. The van der Waals surface area contributed by atoms with Gasteiger partial charge in [-0.25, -0.2) is 14.8 Å². The van der Waals surface area contributed by atoms with Crippen LogP contribution in [0.25, 0.3) is 0 Å². The molecule has 1 aromatic heterocycles. The third-order valence-electron chi connectivity index (χ3n) is 6.75. The van der Waals surface area contributed by atoms with E-state index in [4.69, 9.17) is 9.57 Å². The van der Waals surface area contributed by atoms with E-state index in [9.17, 15) is 14.4 Å². The molecule has 2 saturated heterocycles. The van der Waals surface area contributed by atoms with Gasteiger partial charge in [-0.1, -0.05) is 37.5 Å². The normalized spacial score (nSPS) is 26.0. The molecule has 2 aromatic rings. The number of amides is 2. The van der Waals surface area contributed by atoms with E-state index in [2.05, 4.69) is 0 Å². The number of para-hydroxylation sites is 1. The number of nitrogens with zero attached hydrogens (tertiary/aromatic N) is 2.